The largest absolute Gasteiger partial charge is 0.394 e. The van der Waals surface area contributed by atoms with Gasteiger partial charge in [-0.15, -0.1) is 0 Å². The molecule has 13 heteroatoms. The fraction of sp³-hybridized carbons (Fsp3) is 1.00. The van der Waals surface area contributed by atoms with Gasteiger partial charge in [0.1, 0.15) is 0 Å². The summed E-state index contributed by atoms with van der Waals surface area (Å²) < 4.78 is 60.9. The van der Waals surface area contributed by atoms with Gasteiger partial charge in [-0.05, 0) is 17.3 Å². The molecule has 41 heavy (non-hydrogen) atoms. The van der Waals surface area contributed by atoms with Crippen molar-refractivity contribution in [2.24, 2.45) is 0 Å². The Bertz CT molecular complexity index is 416. The monoisotopic (exact) mass is 712 g/mol. The first-order valence-electron chi connectivity index (χ1n) is 14.9. The molecule has 12 nitrogen and oxygen atoms in total. The number of aliphatic hydroxyl groups excluding tert-OH is 1. The van der Waals surface area contributed by atoms with Gasteiger partial charge in [0.2, 0.25) is 0 Å². The van der Waals surface area contributed by atoms with Crippen molar-refractivity contribution in [2.45, 2.75) is 25.7 Å². The highest BCUT2D eigenvalue weighted by Gasteiger charge is 1.96. The molecule has 0 aliphatic heterocycles. The number of unbranched alkanes of at least 4 members (excludes halogenated alkanes) is 3. The summed E-state index contributed by atoms with van der Waals surface area (Å²) in [5, 5.41) is 8.57. The Balaban J connectivity index is 3.02. The summed E-state index contributed by atoms with van der Waals surface area (Å²) in [6, 6.07) is 0. The number of alkyl halides is 1. The molecule has 0 saturated carbocycles. The van der Waals surface area contributed by atoms with E-state index in [0.29, 0.717) is 139 Å². The van der Waals surface area contributed by atoms with Crippen LogP contribution < -0.4 is 0 Å². The maximum atomic E-state index is 8.57. The maximum absolute atomic E-state index is 8.57. The molecular formula is C28H57IO12. The molecule has 248 valence electrons. The summed E-state index contributed by atoms with van der Waals surface area (Å²) in [5.41, 5.74) is 0. The highest BCUT2D eigenvalue weighted by atomic mass is 127. The summed E-state index contributed by atoms with van der Waals surface area (Å²) in [6.45, 7) is 11.8. The van der Waals surface area contributed by atoms with Crippen LogP contribution >= 0.6 is 22.6 Å². The van der Waals surface area contributed by atoms with Gasteiger partial charge in [0.25, 0.3) is 0 Å². The van der Waals surface area contributed by atoms with E-state index in [1.54, 1.807) is 0 Å². The zero-order valence-corrected chi connectivity index (χ0v) is 27.3. The molecule has 0 saturated heterocycles. The van der Waals surface area contributed by atoms with Crippen molar-refractivity contribution in [3.05, 3.63) is 0 Å². The Morgan fingerprint density at radius 3 is 0.732 bits per heavy atom. The van der Waals surface area contributed by atoms with Gasteiger partial charge in [-0.25, -0.2) is 0 Å². The Morgan fingerprint density at radius 1 is 0.268 bits per heavy atom. The van der Waals surface area contributed by atoms with E-state index in [1.165, 1.54) is 23.7 Å². The van der Waals surface area contributed by atoms with Gasteiger partial charge in [-0.3, -0.25) is 0 Å². The van der Waals surface area contributed by atoms with Crippen LogP contribution in [0.1, 0.15) is 25.7 Å². The summed E-state index contributed by atoms with van der Waals surface area (Å²) in [6.07, 6.45) is 4.98. The van der Waals surface area contributed by atoms with Crippen LogP contribution in [0.3, 0.4) is 0 Å². The SMILES string of the molecule is OCCOCCOCCOCCOCCOCCOCCOCCOCCOCCOCCOCCCCCCI. The van der Waals surface area contributed by atoms with E-state index in [-0.39, 0.29) is 6.61 Å². The topological polar surface area (TPSA) is 122 Å². The summed E-state index contributed by atoms with van der Waals surface area (Å²) in [7, 11) is 0. The molecule has 0 aliphatic rings. The average molecular weight is 713 g/mol. The zero-order valence-electron chi connectivity index (χ0n) is 25.1. The Morgan fingerprint density at radius 2 is 0.488 bits per heavy atom. The van der Waals surface area contributed by atoms with Crippen LogP contribution in [0, 0.1) is 0 Å². The van der Waals surface area contributed by atoms with Crippen molar-refractivity contribution < 1.29 is 57.2 Å². The minimum atomic E-state index is 0.0284. The molecule has 1 N–H and O–H groups in total. The lowest BCUT2D eigenvalue weighted by atomic mass is 10.2. The highest BCUT2D eigenvalue weighted by molar-refractivity contribution is 14.1. The van der Waals surface area contributed by atoms with Gasteiger partial charge in [0.15, 0.2) is 0 Å². The second-order valence-corrected chi connectivity index (χ2v) is 9.64. The average Bonchev–Trinajstić information content (AvgIpc) is 2.98. The molecule has 0 rings (SSSR count). The minimum Gasteiger partial charge on any atom is -0.394 e. The molecule has 0 heterocycles. The standard InChI is InChI=1S/C28H57IO12/c29-5-3-1-2-4-7-31-9-11-33-13-15-35-17-19-37-21-23-39-25-27-41-28-26-40-24-22-38-20-18-36-16-14-34-12-10-32-8-6-30/h30H,1-28H2. The summed E-state index contributed by atoms with van der Waals surface area (Å²) in [5.74, 6) is 0. The first kappa shape index (κ1) is 41.2. The van der Waals surface area contributed by atoms with E-state index in [0.717, 1.165) is 13.0 Å². The lowest BCUT2D eigenvalue weighted by Crippen LogP contribution is -2.15. The molecular weight excluding hydrogens is 655 g/mol. The molecule has 0 bridgehead atoms. The van der Waals surface area contributed by atoms with Crippen molar-refractivity contribution >= 4 is 22.6 Å². The summed E-state index contributed by atoms with van der Waals surface area (Å²) >= 11 is 2.42. The first-order valence-corrected chi connectivity index (χ1v) is 16.5. The maximum Gasteiger partial charge on any atom is 0.0701 e. The number of ether oxygens (including phenoxy) is 11. The number of hydrogen-bond acceptors (Lipinski definition) is 12. The normalized spacial score (nSPS) is 11.6. The molecule has 0 unspecified atom stereocenters. The van der Waals surface area contributed by atoms with Gasteiger partial charge < -0.3 is 57.2 Å². The second-order valence-electron chi connectivity index (χ2n) is 8.56. The van der Waals surface area contributed by atoms with Gasteiger partial charge in [-0.2, -0.15) is 0 Å². The molecule has 0 fully saturated rings. The Hall–Kier alpha value is 0.250. The van der Waals surface area contributed by atoms with Crippen LogP contribution in [0.4, 0.5) is 0 Å². The predicted molar refractivity (Wildman–Crippen MR) is 163 cm³/mol. The third-order valence-electron chi connectivity index (χ3n) is 5.13. The van der Waals surface area contributed by atoms with Crippen LogP contribution in [0.15, 0.2) is 0 Å². The van der Waals surface area contributed by atoms with Crippen molar-refractivity contribution in [1.82, 2.24) is 0 Å². The lowest BCUT2D eigenvalue weighted by molar-refractivity contribution is -0.0278. The fourth-order valence-corrected chi connectivity index (χ4v) is 3.56. The van der Waals surface area contributed by atoms with Crippen LogP contribution in [-0.2, 0) is 52.1 Å². The lowest BCUT2D eigenvalue weighted by Gasteiger charge is -2.09. The van der Waals surface area contributed by atoms with Gasteiger partial charge in [0.05, 0.1) is 145 Å². The van der Waals surface area contributed by atoms with E-state index >= 15 is 0 Å². The quantitative estimate of drug-likeness (QED) is 0.0574. The molecule has 0 aromatic carbocycles. The van der Waals surface area contributed by atoms with Crippen molar-refractivity contribution in [2.75, 3.05) is 156 Å². The van der Waals surface area contributed by atoms with E-state index in [2.05, 4.69) is 22.6 Å². The third kappa shape index (κ3) is 40.2. The smallest absolute Gasteiger partial charge is 0.0701 e. The Labute approximate surface area is 261 Å². The van der Waals surface area contributed by atoms with E-state index in [4.69, 9.17) is 57.2 Å². The summed E-state index contributed by atoms with van der Waals surface area (Å²) in [4.78, 5) is 0. The van der Waals surface area contributed by atoms with E-state index < -0.39 is 0 Å². The van der Waals surface area contributed by atoms with Crippen LogP contribution in [0.25, 0.3) is 0 Å². The van der Waals surface area contributed by atoms with Crippen molar-refractivity contribution in [3.8, 4) is 0 Å². The zero-order chi connectivity index (χ0) is 29.6. The molecule has 0 aromatic rings. The first-order chi connectivity index (χ1) is 20.4. The highest BCUT2D eigenvalue weighted by Crippen LogP contribution is 2.02. The third-order valence-corrected chi connectivity index (χ3v) is 5.89. The number of rotatable bonds is 38. The minimum absolute atomic E-state index is 0.0284. The van der Waals surface area contributed by atoms with Gasteiger partial charge >= 0.3 is 0 Å². The van der Waals surface area contributed by atoms with Gasteiger partial charge in [0, 0.05) is 6.61 Å². The number of hydrogen-bond donors (Lipinski definition) is 1. The van der Waals surface area contributed by atoms with Crippen LogP contribution in [0.5, 0.6) is 0 Å². The molecule has 0 aliphatic carbocycles. The number of aliphatic hydroxyl groups is 1. The van der Waals surface area contributed by atoms with Gasteiger partial charge in [-0.1, -0.05) is 35.4 Å². The molecule has 0 radical (unpaired) electrons. The van der Waals surface area contributed by atoms with E-state index in [9.17, 15) is 0 Å². The number of halogens is 1. The molecule has 0 spiro atoms. The van der Waals surface area contributed by atoms with Crippen LogP contribution in [-0.4, -0.2) is 161 Å². The van der Waals surface area contributed by atoms with Crippen molar-refractivity contribution in [3.63, 3.8) is 0 Å². The Kier molecular flexibility index (Phi) is 40.5. The molecule has 0 aromatic heterocycles. The fourth-order valence-electron chi connectivity index (χ4n) is 3.02. The molecule has 0 amide bonds. The van der Waals surface area contributed by atoms with E-state index in [1.807, 2.05) is 0 Å². The van der Waals surface area contributed by atoms with Crippen molar-refractivity contribution in [1.29, 1.82) is 0 Å². The predicted octanol–water partition coefficient (Wildman–Crippen LogP) is 2.16. The second kappa shape index (κ2) is 40.2. The van der Waals surface area contributed by atoms with Crippen LogP contribution in [0.2, 0.25) is 0 Å². The molecule has 0 atom stereocenters.